The zero-order valence-corrected chi connectivity index (χ0v) is 19.8. The third kappa shape index (κ3) is 6.50. The summed E-state index contributed by atoms with van der Waals surface area (Å²) >= 11 is 0. The fraction of sp³-hybridized carbons (Fsp3) is 0.481. The highest BCUT2D eigenvalue weighted by atomic mass is 16.4. The molecule has 0 aromatic heterocycles. The number of hydrogen-bond donors (Lipinski definition) is 4. The van der Waals surface area contributed by atoms with Crippen LogP contribution in [0.1, 0.15) is 48.0 Å². The number of nitrogens with zero attached hydrogens (tertiary/aromatic N) is 1. The molecule has 2 aromatic rings. The number of carbonyl (C=O) groups is 2. The van der Waals surface area contributed by atoms with Crippen LogP contribution < -0.4 is 20.9 Å². The van der Waals surface area contributed by atoms with Crippen LogP contribution in [0.15, 0.2) is 48.5 Å². The number of hydrogen-bond acceptors (Lipinski definition) is 5. The van der Waals surface area contributed by atoms with E-state index >= 15 is 0 Å². The summed E-state index contributed by atoms with van der Waals surface area (Å²) in [5.74, 6) is 0.482. The van der Waals surface area contributed by atoms with E-state index in [1.165, 1.54) is 25.7 Å². The number of anilines is 2. The third-order valence-electron chi connectivity index (χ3n) is 7.15. The van der Waals surface area contributed by atoms with Crippen LogP contribution in [0.2, 0.25) is 0 Å². The van der Waals surface area contributed by atoms with Crippen molar-refractivity contribution in [1.82, 2.24) is 10.6 Å². The number of piperidine rings is 2. The van der Waals surface area contributed by atoms with Crippen LogP contribution in [0, 0.1) is 11.8 Å². The van der Waals surface area contributed by atoms with Gasteiger partial charge in [-0.25, -0.2) is 0 Å². The van der Waals surface area contributed by atoms with Crippen molar-refractivity contribution in [3.8, 4) is 0 Å². The van der Waals surface area contributed by atoms with Crippen molar-refractivity contribution in [2.75, 3.05) is 42.9 Å². The number of benzene rings is 2. The molecule has 4 N–H and O–H groups in total. The average molecular weight is 465 g/mol. The molecule has 182 valence electrons. The van der Waals surface area contributed by atoms with E-state index in [4.69, 9.17) is 5.11 Å². The molecule has 34 heavy (non-hydrogen) atoms. The summed E-state index contributed by atoms with van der Waals surface area (Å²) in [5, 5.41) is 18.5. The van der Waals surface area contributed by atoms with E-state index in [0.29, 0.717) is 12.1 Å². The lowest BCUT2D eigenvalue weighted by atomic mass is 9.79. The highest BCUT2D eigenvalue weighted by molar-refractivity contribution is 6.00. The number of carbonyl (C=O) groups excluding carboxylic acids is 1. The van der Waals surface area contributed by atoms with Crippen LogP contribution >= 0.6 is 0 Å². The smallest absolute Gasteiger partial charge is 0.305 e. The Hall–Kier alpha value is -3.06. The third-order valence-corrected chi connectivity index (χ3v) is 7.15. The van der Waals surface area contributed by atoms with Gasteiger partial charge in [0, 0.05) is 37.6 Å². The summed E-state index contributed by atoms with van der Waals surface area (Å²) in [7, 11) is 0. The molecule has 2 heterocycles. The fourth-order valence-electron chi connectivity index (χ4n) is 5.19. The Labute approximate surface area is 201 Å². The second kappa shape index (κ2) is 11.9. The lowest BCUT2D eigenvalue weighted by Gasteiger charge is -2.39. The van der Waals surface area contributed by atoms with Gasteiger partial charge in [0.1, 0.15) is 0 Å². The van der Waals surface area contributed by atoms with Crippen molar-refractivity contribution in [1.29, 1.82) is 0 Å². The maximum atomic E-state index is 12.8. The Kier molecular flexibility index (Phi) is 8.41. The molecule has 2 aromatic carbocycles. The minimum atomic E-state index is -0.925. The number of amides is 1. The van der Waals surface area contributed by atoms with Gasteiger partial charge < -0.3 is 26.0 Å². The quantitative estimate of drug-likeness (QED) is 0.452. The first-order valence-corrected chi connectivity index (χ1v) is 12.5. The van der Waals surface area contributed by atoms with Crippen LogP contribution in [0.4, 0.5) is 11.4 Å². The number of carboxylic acid groups (broad SMARTS) is 1. The monoisotopic (exact) mass is 464 g/mol. The topological polar surface area (TPSA) is 93.7 Å². The predicted molar refractivity (Wildman–Crippen MR) is 135 cm³/mol. The summed E-state index contributed by atoms with van der Waals surface area (Å²) in [6, 6.07) is 16.0. The first-order valence-electron chi connectivity index (χ1n) is 12.5. The first-order chi connectivity index (χ1) is 16.6. The van der Waals surface area contributed by atoms with Gasteiger partial charge in [-0.2, -0.15) is 0 Å². The van der Waals surface area contributed by atoms with E-state index < -0.39 is 5.97 Å². The van der Waals surface area contributed by atoms with Crippen molar-refractivity contribution in [2.24, 2.45) is 11.8 Å². The molecule has 4 rings (SSSR count). The summed E-state index contributed by atoms with van der Waals surface area (Å²) in [6.07, 6.45) is 4.93. The zero-order valence-electron chi connectivity index (χ0n) is 19.8. The normalized spacial score (nSPS) is 17.4. The van der Waals surface area contributed by atoms with E-state index in [1.807, 2.05) is 30.3 Å². The summed E-state index contributed by atoms with van der Waals surface area (Å²) < 4.78 is 0. The Bertz CT molecular complexity index is 952. The first kappa shape index (κ1) is 24.1. The average Bonchev–Trinajstić information content (AvgIpc) is 2.88. The van der Waals surface area contributed by atoms with Crippen LogP contribution in [-0.2, 0) is 11.3 Å². The molecule has 0 radical (unpaired) electrons. The molecule has 0 saturated carbocycles. The van der Waals surface area contributed by atoms with Gasteiger partial charge in [-0.3, -0.25) is 9.59 Å². The number of rotatable bonds is 9. The van der Waals surface area contributed by atoms with Gasteiger partial charge in [-0.05, 0) is 74.4 Å². The van der Waals surface area contributed by atoms with Crippen LogP contribution in [0.3, 0.4) is 0 Å². The highest BCUT2D eigenvalue weighted by Crippen LogP contribution is 2.33. The maximum absolute atomic E-state index is 12.8. The molecule has 0 bridgehead atoms. The maximum Gasteiger partial charge on any atom is 0.305 e. The van der Waals surface area contributed by atoms with Crippen LogP contribution in [0.5, 0.6) is 0 Å². The highest BCUT2D eigenvalue weighted by Gasteiger charge is 2.28. The van der Waals surface area contributed by atoms with Gasteiger partial charge in [-0.1, -0.05) is 30.3 Å². The summed E-state index contributed by atoms with van der Waals surface area (Å²) in [4.78, 5) is 26.0. The minimum Gasteiger partial charge on any atom is -0.481 e. The van der Waals surface area contributed by atoms with Gasteiger partial charge in [0.25, 0.3) is 5.91 Å². The van der Waals surface area contributed by atoms with Gasteiger partial charge in [-0.15, -0.1) is 0 Å². The van der Waals surface area contributed by atoms with Gasteiger partial charge in [0.2, 0.25) is 0 Å². The van der Waals surface area contributed by atoms with Gasteiger partial charge in [0.05, 0.1) is 12.0 Å². The second-order valence-electron chi connectivity index (χ2n) is 9.38. The lowest BCUT2D eigenvalue weighted by Crippen LogP contribution is -2.39. The fourth-order valence-corrected chi connectivity index (χ4v) is 5.19. The molecule has 0 spiro atoms. The Morgan fingerprint density at radius 1 is 0.971 bits per heavy atom. The largest absolute Gasteiger partial charge is 0.481 e. The molecule has 7 nitrogen and oxygen atoms in total. The molecule has 1 amide bonds. The Morgan fingerprint density at radius 2 is 1.68 bits per heavy atom. The van der Waals surface area contributed by atoms with Gasteiger partial charge >= 0.3 is 5.97 Å². The van der Waals surface area contributed by atoms with E-state index in [9.17, 15) is 9.59 Å². The van der Waals surface area contributed by atoms with E-state index in [2.05, 4.69) is 39.0 Å². The number of aliphatic carboxylic acids is 1. The molecule has 0 atom stereocenters. The predicted octanol–water partition coefficient (Wildman–Crippen LogP) is 3.72. The Balaban J connectivity index is 1.45. The van der Waals surface area contributed by atoms with Crippen LogP contribution in [0.25, 0.3) is 0 Å². The standard InChI is InChI=1S/C27H36N4O3/c32-26(33)10-15-29-27(34)24-7-6-23(18-25(24)30-19-20-4-2-1-3-5-20)31-16-11-22(12-17-31)21-8-13-28-14-9-21/h1-7,18,21-22,28,30H,8-17,19H2,(H,29,34)(H,32,33). The Morgan fingerprint density at radius 3 is 2.38 bits per heavy atom. The van der Waals surface area contributed by atoms with Crippen molar-refractivity contribution in [3.63, 3.8) is 0 Å². The summed E-state index contributed by atoms with van der Waals surface area (Å²) in [6.45, 7) is 5.10. The van der Waals surface area contributed by atoms with E-state index in [1.54, 1.807) is 0 Å². The number of nitrogens with one attached hydrogen (secondary N) is 3. The van der Waals surface area contributed by atoms with Crippen molar-refractivity contribution < 1.29 is 14.7 Å². The summed E-state index contributed by atoms with van der Waals surface area (Å²) in [5.41, 5.74) is 3.57. The van der Waals surface area contributed by atoms with Crippen LogP contribution in [-0.4, -0.2) is 49.7 Å². The lowest BCUT2D eigenvalue weighted by molar-refractivity contribution is -0.136. The molecule has 7 heteroatoms. The van der Waals surface area contributed by atoms with E-state index in [-0.39, 0.29) is 18.9 Å². The molecule has 0 unspecified atom stereocenters. The number of carboxylic acids is 1. The van der Waals surface area contributed by atoms with Crippen molar-refractivity contribution >= 4 is 23.3 Å². The van der Waals surface area contributed by atoms with Crippen molar-refractivity contribution in [3.05, 3.63) is 59.7 Å². The molecular weight excluding hydrogens is 428 g/mol. The minimum absolute atomic E-state index is 0.0946. The molecule has 2 fully saturated rings. The zero-order chi connectivity index (χ0) is 23.8. The molecule has 0 aliphatic carbocycles. The second-order valence-corrected chi connectivity index (χ2v) is 9.38. The molecule has 2 saturated heterocycles. The SMILES string of the molecule is O=C(O)CCNC(=O)c1ccc(N2CCC(C3CCNCC3)CC2)cc1NCc1ccccc1. The molecular formula is C27H36N4O3. The molecule has 2 aliphatic rings. The van der Waals surface area contributed by atoms with Crippen molar-refractivity contribution in [2.45, 2.75) is 38.6 Å². The van der Waals surface area contributed by atoms with Gasteiger partial charge in [0.15, 0.2) is 0 Å². The molecule has 2 aliphatic heterocycles. The van der Waals surface area contributed by atoms with E-state index in [0.717, 1.165) is 55.0 Å².